The first kappa shape index (κ1) is 19.6. The average Bonchev–Trinajstić information content (AvgIpc) is 2.88. The van der Waals surface area contributed by atoms with Crippen LogP contribution in [0.1, 0.15) is 24.3 Å². The minimum atomic E-state index is -0.314. The molecule has 0 radical (unpaired) electrons. The SMILES string of the molecule is CCN[C@H](C)CNC(=O)c1nn(-c2ccc(F)cc2)cc1Br.Cl. The van der Waals surface area contributed by atoms with Crippen LogP contribution in [-0.4, -0.2) is 34.8 Å². The van der Waals surface area contributed by atoms with Gasteiger partial charge in [-0.25, -0.2) is 9.07 Å². The molecule has 2 rings (SSSR count). The van der Waals surface area contributed by atoms with Crippen molar-refractivity contribution in [1.29, 1.82) is 0 Å². The number of amides is 1. The number of likely N-dealkylation sites (N-methyl/N-ethyl adjacent to an activating group) is 1. The molecule has 1 heterocycles. The predicted octanol–water partition coefficient (Wildman–Crippen LogP) is 2.92. The van der Waals surface area contributed by atoms with Crippen molar-refractivity contribution in [2.24, 2.45) is 0 Å². The maximum absolute atomic E-state index is 12.9. The first-order chi connectivity index (χ1) is 10.5. The number of halogens is 3. The van der Waals surface area contributed by atoms with Crippen molar-refractivity contribution in [1.82, 2.24) is 20.4 Å². The molecule has 1 atom stereocenters. The van der Waals surface area contributed by atoms with E-state index in [1.165, 1.54) is 16.8 Å². The van der Waals surface area contributed by atoms with Gasteiger partial charge in [-0.3, -0.25) is 4.79 Å². The van der Waals surface area contributed by atoms with Gasteiger partial charge >= 0.3 is 0 Å². The summed E-state index contributed by atoms with van der Waals surface area (Å²) in [5.74, 6) is -0.567. The maximum Gasteiger partial charge on any atom is 0.273 e. The van der Waals surface area contributed by atoms with E-state index in [0.717, 1.165) is 6.54 Å². The zero-order chi connectivity index (χ0) is 16.1. The topological polar surface area (TPSA) is 58.9 Å². The molecule has 23 heavy (non-hydrogen) atoms. The van der Waals surface area contributed by atoms with Crippen LogP contribution < -0.4 is 10.6 Å². The summed E-state index contributed by atoms with van der Waals surface area (Å²) in [6, 6.07) is 6.09. The number of aromatic nitrogens is 2. The van der Waals surface area contributed by atoms with Crippen molar-refractivity contribution in [2.75, 3.05) is 13.1 Å². The summed E-state index contributed by atoms with van der Waals surface area (Å²) in [4.78, 5) is 12.2. The molecule has 0 aliphatic carbocycles. The summed E-state index contributed by atoms with van der Waals surface area (Å²) < 4.78 is 15.1. The largest absolute Gasteiger partial charge is 0.349 e. The molecule has 1 amide bonds. The van der Waals surface area contributed by atoms with Gasteiger partial charge in [0.1, 0.15) is 5.82 Å². The number of rotatable bonds is 6. The van der Waals surface area contributed by atoms with Crippen molar-refractivity contribution in [3.63, 3.8) is 0 Å². The van der Waals surface area contributed by atoms with Crippen molar-refractivity contribution >= 4 is 34.2 Å². The average molecular weight is 406 g/mol. The predicted molar refractivity (Wildman–Crippen MR) is 93.9 cm³/mol. The number of carbonyl (C=O) groups is 1. The zero-order valence-corrected chi connectivity index (χ0v) is 15.2. The number of hydrogen-bond donors (Lipinski definition) is 2. The molecule has 0 unspecified atom stereocenters. The number of nitrogens with zero attached hydrogens (tertiary/aromatic N) is 2. The Morgan fingerprint density at radius 3 is 2.65 bits per heavy atom. The van der Waals surface area contributed by atoms with Gasteiger partial charge in [-0.05, 0) is 53.7 Å². The monoisotopic (exact) mass is 404 g/mol. The fourth-order valence-electron chi connectivity index (χ4n) is 1.98. The minimum absolute atomic E-state index is 0. The van der Waals surface area contributed by atoms with E-state index in [2.05, 4.69) is 31.7 Å². The molecule has 0 aliphatic rings. The molecule has 5 nitrogen and oxygen atoms in total. The fourth-order valence-corrected chi connectivity index (χ4v) is 2.44. The number of carbonyl (C=O) groups excluding carboxylic acids is 1. The minimum Gasteiger partial charge on any atom is -0.349 e. The van der Waals surface area contributed by atoms with Gasteiger partial charge in [0.05, 0.1) is 10.2 Å². The van der Waals surface area contributed by atoms with Crippen molar-refractivity contribution in [3.05, 3.63) is 46.4 Å². The van der Waals surface area contributed by atoms with Crippen LogP contribution in [0, 0.1) is 5.82 Å². The molecule has 0 spiro atoms. The normalized spacial score (nSPS) is 11.7. The van der Waals surface area contributed by atoms with E-state index in [-0.39, 0.29) is 30.2 Å². The van der Waals surface area contributed by atoms with Gasteiger partial charge < -0.3 is 10.6 Å². The Kier molecular flexibility index (Phi) is 7.67. The van der Waals surface area contributed by atoms with Crippen LogP contribution in [-0.2, 0) is 0 Å². The second kappa shape index (κ2) is 9.00. The summed E-state index contributed by atoms with van der Waals surface area (Å²) in [6.45, 7) is 5.37. The van der Waals surface area contributed by atoms with E-state index in [0.29, 0.717) is 22.4 Å². The maximum atomic E-state index is 12.9. The highest BCUT2D eigenvalue weighted by atomic mass is 79.9. The molecular formula is C15H19BrClFN4O. The lowest BCUT2D eigenvalue weighted by atomic mass is 10.3. The Bertz CT molecular complexity index is 647. The molecule has 2 N–H and O–H groups in total. The Hall–Kier alpha value is -1.44. The van der Waals surface area contributed by atoms with Gasteiger partial charge in [-0.2, -0.15) is 5.10 Å². The lowest BCUT2D eigenvalue weighted by Crippen LogP contribution is -2.39. The highest BCUT2D eigenvalue weighted by Crippen LogP contribution is 2.18. The fraction of sp³-hybridized carbons (Fsp3) is 0.333. The third-order valence-electron chi connectivity index (χ3n) is 3.10. The van der Waals surface area contributed by atoms with Crippen LogP contribution in [0.3, 0.4) is 0 Å². The highest BCUT2D eigenvalue weighted by molar-refractivity contribution is 9.10. The highest BCUT2D eigenvalue weighted by Gasteiger charge is 2.16. The Morgan fingerprint density at radius 1 is 1.39 bits per heavy atom. The van der Waals surface area contributed by atoms with Gasteiger partial charge in [-0.15, -0.1) is 12.4 Å². The molecular weight excluding hydrogens is 387 g/mol. The third-order valence-corrected chi connectivity index (χ3v) is 3.68. The number of benzene rings is 1. The van der Waals surface area contributed by atoms with Crippen molar-refractivity contribution < 1.29 is 9.18 Å². The molecule has 0 fully saturated rings. The van der Waals surface area contributed by atoms with E-state index in [1.807, 2.05) is 13.8 Å². The van der Waals surface area contributed by atoms with Crippen LogP contribution in [0.4, 0.5) is 4.39 Å². The molecule has 1 aromatic heterocycles. The molecule has 1 aromatic carbocycles. The van der Waals surface area contributed by atoms with Gasteiger partial charge in [0.15, 0.2) is 5.69 Å². The van der Waals surface area contributed by atoms with Crippen LogP contribution >= 0.6 is 28.3 Å². The summed E-state index contributed by atoms with van der Waals surface area (Å²) in [5, 5.41) is 10.3. The Balaban J connectivity index is 0.00000264. The van der Waals surface area contributed by atoms with Gasteiger partial charge in [-0.1, -0.05) is 6.92 Å². The van der Waals surface area contributed by atoms with E-state index in [9.17, 15) is 9.18 Å². The lowest BCUT2D eigenvalue weighted by molar-refractivity contribution is 0.0944. The molecule has 0 aliphatic heterocycles. The summed E-state index contributed by atoms with van der Waals surface area (Å²) in [7, 11) is 0. The van der Waals surface area contributed by atoms with Gasteiger partial charge in [0.25, 0.3) is 5.91 Å². The second-order valence-electron chi connectivity index (χ2n) is 4.92. The second-order valence-corrected chi connectivity index (χ2v) is 5.77. The van der Waals surface area contributed by atoms with Crippen LogP contribution in [0.25, 0.3) is 5.69 Å². The molecule has 0 saturated heterocycles. The Morgan fingerprint density at radius 2 is 2.04 bits per heavy atom. The molecule has 126 valence electrons. The van der Waals surface area contributed by atoms with Crippen LogP contribution in [0.15, 0.2) is 34.9 Å². The van der Waals surface area contributed by atoms with E-state index in [4.69, 9.17) is 0 Å². The third kappa shape index (κ3) is 5.30. The summed E-state index contributed by atoms with van der Waals surface area (Å²) in [5.41, 5.74) is 0.982. The number of nitrogens with one attached hydrogen (secondary N) is 2. The summed E-state index contributed by atoms with van der Waals surface area (Å²) >= 11 is 3.33. The Labute approximate surface area is 149 Å². The molecule has 2 aromatic rings. The molecule has 0 saturated carbocycles. The van der Waals surface area contributed by atoms with Gasteiger partial charge in [0.2, 0.25) is 0 Å². The smallest absolute Gasteiger partial charge is 0.273 e. The van der Waals surface area contributed by atoms with Crippen molar-refractivity contribution in [2.45, 2.75) is 19.9 Å². The van der Waals surface area contributed by atoms with Crippen LogP contribution in [0.5, 0.6) is 0 Å². The first-order valence-corrected chi connectivity index (χ1v) is 7.83. The zero-order valence-electron chi connectivity index (χ0n) is 12.8. The molecule has 0 bridgehead atoms. The van der Waals surface area contributed by atoms with Gasteiger partial charge in [0, 0.05) is 18.8 Å². The first-order valence-electron chi connectivity index (χ1n) is 7.04. The standard InChI is InChI=1S/C15H18BrFN4O.ClH/c1-3-18-10(2)8-19-15(22)14-13(16)9-21(20-14)12-6-4-11(17)5-7-12;/h4-7,9-10,18H,3,8H2,1-2H3,(H,19,22);1H/t10-;/m1./s1. The lowest BCUT2D eigenvalue weighted by Gasteiger charge is -2.12. The number of hydrogen-bond acceptors (Lipinski definition) is 3. The quantitative estimate of drug-likeness (QED) is 0.777. The van der Waals surface area contributed by atoms with E-state index >= 15 is 0 Å². The van der Waals surface area contributed by atoms with Crippen molar-refractivity contribution in [3.8, 4) is 5.69 Å². The van der Waals surface area contributed by atoms with E-state index < -0.39 is 0 Å². The van der Waals surface area contributed by atoms with Crippen LogP contribution in [0.2, 0.25) is 0 Å². The summed E-state index contributed by atoms with van der Waals surface area (Å²) in [6.07, 6.45) is 1.68. The molecule has 8 heteroatoms. The van der Waals surface area contributed by atoms with E-state index in [1.54, 1.807) is 18.3 Å².